The molecule has 5 N–H and O–H groups in total. The van der Waals surface area contributed by atoms with Gasteiger partial charge in [-0.2, -0.15) is 0 Å². The smallest absolute Gasteiger partial charge is 0.305 e. The first kappa shape index (κ1) is 15.0. The molecule has 8 heteroatoms. The van der Waals surface area contributed by atoms with Crippen molar-refractivity contribution in [1.29, 1.82) is 0 Å². The standard InChI is InChI=1S/C9H14N2O6/c10-6(3-8(15)16)9(17)11-5(4-12)1-2-7(13)14/h4-6H,1-3,10H2,(H,11,17)(H,13,14)(H,15,16)/t5-,6+/m1/s1. The summed E-state index contributed by atoms with van der Waals surface area (Å²) < 4.78 is 0. The van der Waals surface area contributed by atoms with Crippen LogP contribution in [-0.2, 0) is 19.2 Å². The van der Waals surface area contributed by atoms with Crippen LogP contribution < -0.4 is 11.1 Å². The van der Waals surface area contributed by atoms with Gasteiger partial charge in [0.25, 0.3) is 0 Å². The SMILES string of the molecule is N[C@@H](CC(=O)O)C(=O)N[C@@H](C=O)CCC(=O)O. The molecule has 0 radical (unpaired) electrons. The highest BCUT2D eigenvalue weighted by molar-refractivity contribution is 5.87. The van der Waals surface area contributed by atoms with Crippen molar-refractivity contribution < 1.29 is 29.4 Å². The summed E-state index contributed by atoms with van der Waals surface area (Å²) in [5, 5.41) is 19.0. The van der Waals surface area contributed by atoms with E-state index < -0.39 is 36.4 Å². The van der Waals surface area contributed by atoms with Gasteiger partial charge >= 0.3 is 11.9 Å². The summed E-state index contributed by atoms with van der Waals surface area (Å²) in [7, 11) is 0. The van der Waals surface area contributed by atoms with E-state index >= 15 is 0 Å². The molecular weight excluding hydrogens is 232 g/mol. The summed E-state index contributed by atoms with van der Waals surface area (Å²) >= 11 is 0. The molecule has 0 spiro atoms. The molecule has 96 valence electrons. The van der Waals surface area contributed by atoms with E-state index in [-0.39, 0.29) is 12.8 Å². The van der Waals surface area contributed by atoms with Gasteiger partial charge < -0.3 is 26.1 Å². The van der Waals surface area contributed by atoms with Crippen LogP contribution >= 0.6 is 0 Å². The van der Waals surface area contributed by atoms with Crippen LogP contribution in [0.25, 0.3) is 0 Å². The molecule has 1 amide bonds. The lowest BCUT2D eigenvalue weighted by Gasteiger charge is -2.14. The molecule has 17 heavy (non-hydrogen) atoms. The quantitative estimate of drug-likeness (QED) is 0.374. The summed E-state index contributed by atoms with van der Waals surface area (Å²) in [6, 6.07) is -2.24. The van der Waals surface area contributed by atoms with Crippen molar-refractivity contribution in [2.45, 2.75) is 31.3 Å². The molecule has 0 saturated heterocycles. The van der Waals surface area contributed by atoms with E-state index in [1.165, 1.54) is 0 Å². The number of carbonyl (C=O) groups is 4. The summed E-state index contributed by atoms with van der Waals surface area (Å²) in [5.74, 6) is -3.13. The number of aldehydes is 1. The zero-order valence-corrected chi connectivity index (χ0v) is 8.96. The Kier molecular flexibility index (Phi) is 6.49. The van der Waals surface area contributed by atoms with E-state index in [4.69, 9.17) is 15.9 Å². The first-order valence-corrected chi connectivity index (χ1v) is 4.81. The number of nitrogens with two attached hydrogens (primary N) is 1. The van der Waals surface area contributed by atoms with Crippen LogP contribution in [-0.4, -0.2) is 46.4 Å². The average molecular weight is 246 g/mol. The van der Waals surface area contributed by atoms with Gasteiger partial charge in [0.15, 0.2) is 0 Å². The van der Waals surface area contributed by atoms with Crippen molar-refractivity contribution >= 4 is 24.1 Å². The van der Waals surface area contributed by atoms with E-state index in [1.54, 1.807) is 0 Å². The van der Waals surface area contributed by atoms with E-state index in [0.717, 1.165) is 0 Å². The molecule has 0 bridgehead atoms. The maximum atomic E-state index is 11.3. The van der Waals surface area contributed by atoms with Gasteiger partial charge in [-0.1, -0.05) is 0 Å². The molecule has 0 aliphatic rings. The largest absolute Gasteiger partial charge is 0.481 e. The zero-order chi connectivity index (χ0) is 13.4. The predicted molar refractivity (Wildman–Crippen MR) is 55.1 cm³/mol. The summed E-state index contributed by atoms with van der Waals surface area (Å²) in [6.45, 7) is 0. The third-order valence-electron chi connectivity index (χ3n) is 1.89. The van der Waals surface area contributed by atoms with Gasteiger partial charge in [0.05, 0.1) is 18.5 Å². The van der Waals surface area contributed by atoms with Gasteiger partial charge in [-0.05, 0) is 6.42 Å². The molecule has 0 fully saturated rings. The van der Waals surface area contributed by atoms with Gasteiger partial charge in [0, 0.05) is 6.42 Å². The number of hydrogen-bond donors (Lipinski definition) is 4. The second-order valence-electron chi connectivity index (χ2n) is 3.39. The Balaban J connectivity index is 4.17. The molecule has 0 aromatic rings. The lowest BCUT2D eigenvalue weighted by Crippen LogP contribution is -2.47. The summed E-state index contributed by atoms with van der Waals surface area (Å²) in [4.78, 5) is 42.4. The van der Waals surface area contributed by atoms with Crippen molar-refractivity contribution in [3.8, 4) is 0 Å². The summed E-state index contributed by atoms with van der Waals surface area (Å²) in [5.41, 5.74) is 5.25. The van der Waals surface area contributed by atoms with Crippen molar-refractivity contribution in [2.75, 3.05) is 0 Å². The molecule has 0 saturated carbocycles. The number of aliphatic carboxylic acids is 2. The average Bonchev–Trinajstić information content (AvgIpc) is 2.22. The van der Waals surface area contributed by atoms with Gasteiger partial charge in [-0.15, -0.1) is 0 Å². The zero-order valence-electron chi connectivity index (χ0n) is 8.96. The fourth-order valence-corrected chi connectivity index (χ4v) is 1.02. The molecule has 0 unspecified atom stereocenters. The van der Waals surface area contributed by atoms with E-state index in [2.05, 4.69) is 5.32 Å². The van der Waals surface area contributed by atoms with Crippen LogP contribution in [0.3, 0.4) is 0 Å². The van der Waals surface area contributed by atoms with E-state index in [0.29, 0.717) is 6.29 Å². The molecule has 2 atom stereocenters. The number of rotatable bonds is 8. The highest BCUT2D eigenvalue weighted by atomic mass is 16.4. The number of amides is 1. The van der Waals surface area contributed by atoms with Gasteiger partial charge in [-0.3, -0.25) is 14.4 Å². The Morgan fingerprint density at radius 2 is 1.82 bits per heavy atom. The predicted octanol–water partition coefficient (Wildman–Crippen LogP) is -1.66. The number of nitrogens with one attached hydrogen (secondary N) is 1. The maximum absolute atomic E-state index is 11.3. The monoisotopic (exact) mass is 246 g/mol. The van der Waals surface area contributed by atoms with Crippen LogP contribution in [0.1, 0.15) is 19.3 Å². The third-order valence-corrected chi connectivity index (χ3v) is 1.89. The van der Waals surface area contributed by atoms with Crippen molar-refractivity contribution in [1.82, 2.24) is 5.32 Å². The highest BCUT2D eigenvalue weighted by Gasteiger charge is 2.20. The third kappa shape index (κ3) is 7.01. The van der Waals surface area contributed by atoms with Crippen molar-refractivity contribution in [3.05, 3.63) is 0 Å². The fraction of sp³-hybridized carbons (Fsp3) is 0.556. The van der Waals surface area contributed by atoms with Gasteiger partial charge in [-0.25, -0.2) is 0 Å². The van der Waals surface area contributed by atoms with Gasteiger partial charge in [0.2, 0.25) is 5.91 Å². The molecule has 0 heterocycles. The fourth-order valence-electron chi connectivity index (χ4n) is 1.02. The first-order chi connectivity index (χ1) is 7.86. The molecule has 0 rings (SSSR count). The first-order valence-electron chi connectivity index (χ1n) is 4.81. The van der Waals surface area contributed by atoms with Crippen LogP contribution in [0, 0.1) is 0 Å². The second-order valence-corrected chi connectivity index (χ2v) is 3.39. The minimum Gasteiger partial charge on any atom is -0.481 e. The highest BCUT2D eigenvalue weighted by Crippen LogP contribution is 1.97. The summed E-state index contributed by atoms with van der Waals surface area (Å²) in [6.07, 6.45) is -0.521. The van der Waals surface area contributed by atoms with Gasteiger partial charge in [0.1, 0.15) is 6.29 Å². The molecule has 0 aliphatic carbocycles. The number of carboxylic acids is 2. The minimum atomic E-state index is -1.26. The van der Waals surface area contributed by atoms with Crippen molar-refractivity contribution in [3.63, 3.8) is 0 Å². The van der Waals surface area contributed by atoms with Crippen molar-refractivity contribution in [2.24, 2.45) is 5.73 Å². The molecule has 8 nitrogen and oxygen atoms in total. The van der Waals surface area contributed by atoms with Crippen LogP contribution in [0.4, 0.5) is 0 Å². The number of hydrogen-bond acceptors (Lipinski definition) is 5. The molecular formula is C9H14N2O6. The molecule has 0 aromatic carbocycles. The number of carboxylic acid groups (broad SMARTS) is 2. The minimum absolute atomic E-state index is 0.0651. The van der Waals surface area contributed by atoms with Crippen LogP contribution in [0.2, 0.25) is 0 Å². The second kappa shape index (κ2) is 7.34. The Hall–Kier alpha value is -1.96. The maximum Gasteiger partial charge on any atom is 0.305 e. The van der Waals surface area contributed by atoms with Crippen LogP contribution in [0.5, 0.6) is 0 Å². The topological polar surface area (TPSA) is 147 Å². The Bertz CT molecular complexity index is 317. The Morgan fingerprint density at radius 1 is 1.24 bits per heavy atom. The lowest BCUT2D eigenvalue weighted by atomic mass is 10.1. The normalized spacial score (nSPS) is 13.5. The Morgan fingerprint density at radius 3 is 2.24 bits per heavy atom. The van der Waals surface area contributed by atoms with E-state index in [9.17, 15) is 19.2 Å². The number of carbonyl (C=O) groups excluding carboxylic acids is 2. The molecule has 0 aliphatic heterocycles. The molecule has 0 aromatic heterocycles. The Labute approximate surface area is 96.8 Å². The van der Waals surface area contributed by atoms with E-state index in [1.807, 2.05) is 0 Å². The van der Waals surface area contributed by atoms with Crippen LogP contribution in [0.15, 0.2) is 0 Å². The lowest BCUT2D eigenvalue weighted by molar-refractivity contribution is -0.139.